The van der Waals surface area contributed by atoms with Crippen LogP contribution in [0.3, 0.4) is 0 Å². The fourth-order valence-corrected chi connectivity index (χ4v) is 2.46. The van der Waals surface area contributed by atoms with E-state index in [1.54, 1.807) is 0 Å². The summed E-state index contributed by atoms with van der Waals surface area (Å²) in [7, 11) is 2.05. The highest BCUT2D eigenvalue weighted by atomic mass is 16.6. The number of imidazole rings is 1. The van der Waals surface area contributed by atoms with Crippen molar-refractivity contribution in [2.45, 2.75) is 25.4 Å². The summed E-state index contributed by atoms with van der Waals surface area (Å²) in [4.78, 5) is 4.69. The van der Waals surface area contributed by atoms with Crippen LogP contribution >= 0.6 is 0 Å². The van der Waals surface area contributed by atoms with Crippen LogP contribution in [0.1, 0.15) is 18.7 Å². The molecule has 0 saturated heterocycles. The Hall–Kier alpha value is -1.75. The molecule has 5 nitrogen and oxygen atoms in total. The number of hydrogen-bond acceptors (Lipinski definition) is 4. The van der Waals surface area contributed by atoms with Crippen LogP contribution in [-0.4, -0.2) is 28.8 Å². The molecule has 0 atom stereocenters. The fraction of sp³-hybridized carbons (Fsp3) is 0.500. The second kappa shape index (κ2) is 4.13. The Labute approximate surface area is 111 Å². The average Bonchev–Trinajstić information content (AvgIpc) is 3.21. The summed E-state index contributed by atoms with van der Waals surface area (Å²) >= 11 is 0. The van der Waals surface area contributed by atoms with Gasteiger partial charge in [-0.05, 0) is 12.8 Å². The number of nitrogens with zero attached hydrogens (tertiary/aromatic N) is 2. The topological polar surface area (TPSA) is 48.3 Å². The predicted molar refractivity (Wildman–Crippen MR) is 71.6 cm³/mol. The smallest absolute Gasteiger partial charge is 0.163 e. The molecule has 1 saturated carbocycles. The quantitative estimate of drug-likeness (QED) is 0.909. The third-order valence-corrected chi connectivity index (χ3v) is 3.76. The first-order chi connectivity index (χ1) is 9.31. The first-order valence-electron chi connectivity index (χ1n) is 6.79. The van der Waals surface area contributed by atoms with Gasteiger partial charge in [-0.25, -0.2) is 4.98 Å². The van der Waals surface area contributed by atoms with Crippen molar-refractivity contribution in [2.24, 2.45) is 7.05 Å². The highest BCUT2D eigenvalue weighted by molar-refractivity contribution is 5.80. The normalized spacial score (nSPS) is 17.9. The highest BCUT2D eigenvalue weighted by Gasteiger charge is 2.22. The largest absolute Gasteiger partial charge is 0.486 e. The van der Waals surface area contributed by atoms with Gasteiger partial charge in [-0.1, -0.05) is 0 Å². The molecule has 1 aliphatic carbocycles. The Morgan fingerprint density at radius 3 is 2.74 bits per heavy atom. The fourth-order valence-electron chi connectivity index (χ4n) is 2.46. The minimum absolute atomic E-state index is 0.613. The highest BCUT2D eigenvalue weighted by Crippen LogP contribution is 2.34. The van der Waals surface area contributed by atoms with Crippen LogP contribution in [0.4, 0.5) is 0 Å². The summed E-state index contributed by atoms with van der Waals surface area (Å²) in [6, 6.07) is 4.70. The van der Waals surface area contributed by atoms with Crippen LogP contribution in [0.2, 0.25) is 0 Å². The number of hydrogen-bond donors (Lipinski definition) is 1. The summed E-state index contributed by atoms with van der Waals surface area (Å²) in [5.41, 5.74) is 2.07. The molecule has 0 bridgehead atoms. The molecule has 1 fully saturated rings. The number of benzene rings is 1. The van der Waals surface area contributed by atoms with Gasteiger partial charge in [-0.3, -0.25) is 0 Å². The van der Waals surface area contributed by atoms with Crippen molar-refractivity contribution in [1.82, 2.24) is 14.9 Å². The molecule has 0 radical (unpaired) electrons. The molecule has 0 amide bonds. The van der Waals surface area contributed by atoms with E-state index in [9.17, 15) is 0 Å². The van der Waals surface area contributed by atoms with Gasteiger partial charge in [0.25, 0.3) is 0 Å². The maximum Gasteiger partial charge on any atom is 0.163 e. The molecule has 1 aliphatic heterocycles. The number of aromatic nitrogens is 2. The lowest BCUT2D eigenvalue weighted by atomic mass is 10.2. The van der Waals surface area contributed by atoms with E-state index in [-0.39, 0.29) is 0 Å². The van der Waals surface area contributed by atoms with Crippen LogP contribution < -0.4 is 14.8 Å². The Morgan fingerprint density at radius 2 is 2.00 bits per heavy atom. The van der Waals surface area contributed by atoms with E-state index in [1.807, 2.05) is 12.1 Å². The van der Waals surface area contributed by atoms with Gasteiger partial charge >= 0.3 is 0 Å². The van der Waals surface area contributed by atoms with E-state index in [1.165, 1.54) is 12.8 Å². The minimum Gasteiger partial charge on any atom is -0.486 e. The standard InChI is InChI=1S/C14H17N3O2/c1-17-11-7-13-12(18-4-5-19-13)6-10(11)16-14(17)8-15-9-2-3-9/h6-7,9,15H,2-5,8H2,1H3. The third kappa shape index (κ3) is 1.94. The lowest BCUT2D eigenvalue weighted by Crippen LogP contribution is -2.18. The van der Waals surface area contributed by atoms with Crippen LogP contribution in [0.25, 0.3) is 11.0 Å². The Kier molecular flexibility index (Phi) is 2.41. The van der Waals surface area contributed by atoms with Crippen molar-refractivity contribution in [3.05, 3.63) is 18.0 Å². The van der Waals surface area contributed by atoms with E-state index in [0.717, 1.165) is 34.9 Å². The van der Waals surface area contributed by atoms with Gasteiger partial charge in [-0.15, -0.1) is 0 Å². The Balaban J connectivity index is 1.72. The monoisotopic (exact) mass is 259 g/mol. The summed E-state index contributed by atoms with van der Waals surface area (Å²) in [5, 5.41) is 3.50. The molecule has 1 aromatic heterocycles. The van der Waals surface area contributed by atoms with Gasteiger partial charge in [0.2, 0.25) is 0 Å². The van der Waals surface area contributed by atoms with Crippen LogP contribution in [-0.2, 0) is 13.6 Å². The molecule has 2 aliphatic rings. The lowest BCUT2D eigenvalue weighted by Gasteiger charge is -2.18. The molecule has 2 aromatic rings. The first kappa shape index (κ1) is 11.1. The predicted octanol–water partition coefficient (Wildman–Crippen LogP) is 1.60. The van der Waals surface area contributed by atoms with Crippen molar-refractivity contribution < 1.29 is 9.47 Å². The van der Waals surface area contributed by atoms with Crippen molar-refractivity contribution in [3.8, 4) is 11.5 Å². The van der Waals surface area contributed by atoms with Gasteiger partial charge in [0.1, 0.15) is 19.0 Å². The summed E-state index contributed by atoms with van der Waals surface area (Å²) in [6.45, 7) is 2.05. The van der Waals surface area contributed by atoms with Crippen molar-refractivity contribution in [1.29, 1.82) is 0 Å². The molecule has 0 unspecified atom stereocenters. The van der Waals surface area contributed by atoms with Gasteiger partial charge in [0.15, 0.2) is 11.5 Å². The first-order valence-corrected chi connectivity index (χ1v) is 6.79. The zero-order valence-electron chi connectivity index (χ0n) is 11.0. The number of nitrogens with one attached hydrogen (secondary N) is 1. The van der Waals surface area contributed by atoms with Crippen LogP contribution in [0.15, 0.2) is 12.1 Å². The van der Waals surface area contributed by atoms with E-state index >= 15 is 0 Å². The van der Waals surface area contributed by atoms with E-state index < -0.39 is 0 Å². The molecular formula is C14H17N3O2. The number of rotatable bonds is 3. The van der Waals surface area contributed by atoms with Crippen LogP contribution in [0.5, 0.6) is 11.5 Å². The summed E-state index contributed by atoms with van der Waals surface area (Å²) < 4.78 is 13.3. The molecule has 4 rings (SSSR count). The van der Waals surface area contributed by atoms with Crippen molar-refractivity contribution in [2.75, 3.05) is 13.2 Å². The van der Waals surface area contributed by atoms with Gasteiger partial charge < -0.3 is 19.4 Å². The molecular weight excluding hydrogens is 242 g/mol. The van der Waals surface area contributed by atoms with Gasteiger partial charge in [-0.2, -0.15) is 0 Å². The zero-order valence-corrected chi connectivity index (χ0v) is 11.0. The second-order valence-electron chi connectivity index (χ2n) is 5.23. The number of aryl methyl sites for hydroxylation is 1. The van der Waals surface area contributed by atoms with Crippen molar-refractivity contribution >= 4 is 11.0 Å². The summed E-state index contributed by atoms with van der Waals surface area (Å²) in [6.07, 6.45) is 2.58. The van der Waals surface area contributed by atoms with Crippen molar-refractivity contribution in [3.63, 3.8) is 0 Å². The second-order valence-corrected chi connectivity index (χ2v) is 5.23. The average molecular weight is 259 g/mol. The molecule has 19 heavy (non-hydrogen) atoms. The SMILES string of the molecule is Cn1c(CNC2CC2)nc2cc3c(cc21)OCCO3. The van der Waals surface area contributed by atoms with E-state index in [0.29, 0.717) is 19.3 Å². The Bertz CT molecular complexity index is 631. The molecule has 2 heterocycles. The van der Waals surface area contributed by atoms with Gasteiger partial charge in [0.05, 0.1) is 17.6 Å². The van der Waals surface area contributed by atoms with Gasteiger partial charge in [0, 0.05) is 25.2 Å². The molecule has 1 aromatic carbocycles. The number of ether oxygens (including phenoxy) is 2. The molecule has 5 heteroatoms. The third-order valence-electron chi connectivity index (χ3n) is 3.76. The van der Waals surface area contributed by atoms with Crippen LogP contribution in [0, 0.1) is 0 Å². The van der Waals surface area contributed by atoms with E-state index in [4.69, 9.17) is 9.47 Å². The lowest BCUT2D eigenvalue weighted by molar-refractivity contribution is 0.172. The molecule has 0 spiro atoms. The molecule has 1 N–H and O–H groups in total. The summed E-state index contributed by atoms with van der Waals surface area (Å²) in [5.74, 6) is 2.69. The maximum atomic E-state index is 5.62. The molecule has 100 valence electrons. The minimum atomic E-state index is 0.613. The Morgan fingerprint density at radius 1 is 1.26 bits per heavy atom. The van der Waals surface area contributed by atoms with E-state index in [2.05, 4.69) is 21.9 Å². The zero-order chi connectivity index (χ0) is 12.8. The number of fused-ring (bicyclic) bond motifs is 2. The maximum absolute atomic E-state index is 5.62.